The zero-order valence-electron chi connectivity index (χ0n) is 22.5. The largest absolute Gasteiger partial charge is 0.503 e. The number of aliphatic hydroxyl groups excluding tert-OH is 1. The number of anilines is 2. The molecule has 1 N–H and O–H groups in total. The summed E-state index contributed by atoms with van der Waals surface area (Å²) in [4.78, 5) is 30.9. The van der Waals surface area contributed by atoms with Crippen LogP contribution in [0, 0.1) is 0 Å². The fourth-order valence-electron chi connectivity index (χ4n) is 4.80. The predicted octanol–water partition coefficient (Wildman–Crippen LogP) is 6.08. The Labute approximate surface area is 226 Å². The van der Waals surface area contributed by atoms with Crippen LogP contribution in [0.3, 0.4) is 0 Å². The average Bonchev–Trinajstić information content (AvgIpc) is 3.47. The predicted molar refractivity (Wildman–Crippen MR) is 150 cm³/mol. The molecule has 1 amide bonds. The standard InChI is InChI=1S/C31H30N2O6/c1-18(2)38-23-10-6-8-19(16-23)27-26(28(34)25-17-20-9-7-11-24(37-5)30(20)39-25)29(35)31(36)33(27)22-14-12-21(13-15-22)32(3)4/h6-18,27,35H,1-5H3. The summed E-state index contributed by atoms with van der Waals surface area (Å²) in [5, 5.41) is 11.8. The number of ketones is 1. The van der Waals surface area contributed by atoms with E-state index >= 15 is 0 Å². The smallest absolute Gasteiger partial charge is 0.294 e. The molecule has 5 rings (SSSR count). The van der Waals surface area contributed by atoms with Gasteiger partial charge in [0.2, 0.25) is 5.78 Å². The van der Waals surface area contributed by atoms with Gasteiger partial charge in [0.15, 0.2) is 22.9 Å². The number of benzene rings is 3. The molecule has 8 nitrogen and oxygen atoms in total. The molecule has 0 aliphatic carbocycles. The molecular formula is C31H30N2O6. The van der Waals surface area contributed by atoms with Crippen LogP contribution < -0.4 is 19.3 Å². The van der Waals surface area contributed by atoms with Crippen molar-refractivity contribution in [3.8, 4) is 11.5 Å². The van der Waals surface area contributed by atoms with Gasteiger partial charge in [-0.1, -0.05) is 24.3 Å². The molecule has 0 saturated heterocycles. The van der Waals surface area contributed by atoms with Gasteiger partial charge in [-0.2, -0.15) is 0 Å². The van der Waals surface area contributed by atoms with E-state index in [1.807, 2.05) is 51.0 Å². The van der Waals surface area contributed by atoms with Crippen molar-refractivity contribution in [1.29, 1.82) is 0 Å². The fourth-order valence-corrected chi connectivity index (χ4v) is 4.80. The van der Waals surface area contributed by atoms with Crippen molar-refractivity contribution in [3.63, 3.8) is 0 Å². The number of fused-ring (bicyclic) bond motifs is 1. The zero-order chi connectivity index (χ0) is 27.8. The van der Waals surface area contributed by atoms with Gasteiger partial charge in [0.1, 0.15) is 5.75 Å². The Bertz CT molecular complexity index is 1580. The van der Waals surface area contributed by atoms with Gasteiger partial charge >= 0.3 is 0 Å². The normalized spacial score (nSPS) is 15.4. The number of aliphatic hydroxyl groups is 1. The second-order valence-electron chi connectivity index (χ2n) is 9.81. The molecule has 1 atom stereocenters. The summed E-state index contributed by atoms with van der Waals surface area (Å²) in [5.74, 6) is -0.830. The van der Waals surface area contributed by atoms with Gasteiger partial charge in [0, 0.05) is 30.9 Å². The van der Waals surface area contributed by atoms with Crippen LogP contribution in [0.1, 0.15) is 36.0 Å². The molecule has 2 heterocycles. The van der Waals surface area contributed by atoms with Gasteiger partial charge in [0.05, 0.1) is 24.8 Å². The number of methoxy groups -OCH3 is 1. The van der Waals surface area contributed by atoms with Gasteiger partial charge in [-0.3, -0.25) is 14.5 Å². The second kappa shape index (κ2) is 10.2. The Morgan fingerprint density at radius 2 is 1.74 bits per heavy atom. The number of Topliss-reactive ketones (excluding diaryl/α,β-unsaturated/α-hetero) is 1. The van der Waals surface area contributed by atoms with Crippen LogP contribution in [0.2, 0.25) is 0 Å². The second-order valence-corrected chi connectivity index (χ2v) is 9.81. The first kappa shape index (κ1) is 25.9. The average molecular weight is 527 g/mol. The van der Waals surface area contributed by atoms with Crippen molar-refractivity contribution >= 4 is 34.0 Å². The SMILES string of the molecule is COc1cccc2cc(C(=O)C3=C(O)C(=O)N(c4ccc(N(C)C)cc4)C3c3cccc(OC(C)C)c3)oc12. The van der Waals surface area contributed by atoms with Gasteiger partial charge in [-0.05, 0) is 67.9 Å². The summed E-state index contributed by atoms with van der Waals surface area (Å²) in [6, 6.07) is 20.5. The Morgan fingerprint density at radius 3 is 2.41 bits per heavy atom. The fraction of sp³-hybridized carbons (Fsp3) is 0.226. The highest BCUT2D eigenvalue weighted by Gasteiger charge is 2.45. The molecule has 1 aliphatic rings. The number of rotatable bonds is 8. The summed E-state index contributed by atoms with van der Waals surface area (Å²) in [6.45, 7) is 3.84. The van der Waals surface area contributed by atoms with Crippen molar-refractivity contribution in [2.75, 3.05) is 31.0 Å². The molecule has 1 aliphatic heterocycles. The first-order valence-electron chi connectivity index (χ1n) is 12.6. The Morgan fingerprint density at radius 1 is 1.03 bits per heavy atom. The maximum atomic E-state index is 14.0. The lowest BCUT2D eigenvalue weighted by Crippen LogP contribution is -2.31. The molecule has 0 spiro atoms. The minimum absolute atomic E-state index is 0.00626. The summed E-state index contributed by atoms with van der Waals surface area (Å²) in [6.07, 6.45) is -0.0734. The third kappa shape index (κ3) is 4.69. The Kier molecular flexibility index (Phi) is 6.78. The molecule has 0 saturated carbocycles. The molecule has 8 heteroatoms. The maximum absolute atomic E-state index is 14.0. The number of hydrogen-bond acceptors (Lipinski definition) is 7. The van der Waals surface area contributed by atoms with E-state index in [2.05, 4.69) is 0 Å². The number of carbonyl (C=O) groups excluding carboxylic acids is 2. The molecule has 39 heavy (non-hydrogen) atoms. The summed E-state index contributed by atoms with van der Waals surface area (Å²) < 4.78 is 17.2. The third-order valence-corrected chi connectivity index (χ3v) is 6.59. The number of carbonyl (C=O) groups is 2. The van der Waals surface area contributed by atoms with E-state index in [-0.39, 0.29) is 17.4 Å². The zero-order valence-corrected chi connectivity index (χ0v) is 22.5. The molecule has 4 aromatic rings. The van der Waals surface area contributed by atoms with Crippen LogP contribution in [0.5, 0.6) is 11.5 Å². The van der Waals surface area contributed by atoms with E-state index in [0.29, 0.717) is 33.7 Å². The van der Waals surface area contributed by atoms with Crippen molar-refractivity contribution in [1.82, 2.24) is 0 Å². The lowest BCUT2D eigenvalue weighted by molar-refractivity contribution is -0.117. The number of furan rings is 1. The minimum atomic E-state index is -0.916. The van der Waals surface area contributed by atoms with E-state index in [0.717, 1.165) is 5.69 Å². The van der Waals surface area contributed by atoms with Gasteiger partial charge in [0.25, 0.3) is 5.91 Å². The highest BCUT2D eigenvalue weighted by atomic mass is 16.5. The van der Waals surface area contributed by atoms with Gasteiger partial charge in [-0.15, -0.1) is 0 Å². The highest BCUT2D eigenvalue weighted by Crippen LogP contribution is 2.43. The summed E-state index contributed by atoms with van der Waals surface area (Å²) >= 11 is 0. The number of hydrogen-bond donors (Lipinski definition) is 1. The van der Waals surface area contributed by atoms with Crippen LogP contribution in [-0.4, -0.2) is 44.1 Å². The van der Waals surface area contributed by atoms with Crippen LogP contribution in [0.25, 0.3) is 11.0 Å². The highest BCUT2D eigenvalue weighted by molar-refractivity contribution is 6.20. The molecular weight excluding hydrogens is 496 g/mol. The lowest BCUT2D eigenvalue weighted by Gasteiger charge is -2.27. The molecule has 0 bridgehead atoms. The molecule has 3 aromatic carbocycles. The Hall–Kier alpha value is -4.72. The summed E-state index contributed by atoms with van der Waals surface area (Å²) in [7, 11) is 5.36. The van der Waals surface area contributed by atoms with Gasteiger partial charge in [-0.25, -0.2) is 0 Å². The lowest BCUT2D eigenvalue weighted by atomic mass is 9.94. The van der Waals surface area contributed by atoms with Crippen molar-refractivity contribution in [2.24, 2.45) is 0 Å². The third-order valence-electron chi connectivity index (χ3n) is 6.59. The Balaban J connectivity index is 1.64. The van der Waals surface area contributed by atoms with E-state index in [1.165, 1.54) is 12.0 Å². The molecule has 0 fully saturated rings. The van der Waals surface area contributed by atoms with Crippen LogP contribution in [0.15, 0.2) is 88.5 Å². The van der Waals surface area contributed by atoms with Crippen molar-refractivity contribution in [3.05, 3.63) is 95.5 Å². The minimum Gasteiger partial charge on any atom is -0.503 e. The maximum Gasteiger partial charge on any atom is 0.294 e. The van der Waals surface area contributed by atoms with E-state index < -0.39 is 23.5 Å². The molecule has 200 valence electrons. The summed E-state index contributed by atoms with van der Waals surface area (Å²) in [5.41, 5.74) is 2.42. The first-order chi connectivity index (χ1) is 18.7. The van der Waals surface area contributed by atoms with E-state index in [9.17, 15) is 14.7 Å². The van der Waals surface area contributed by atoms with Crippen LogP contribution >= 0.6 is 0 Å². The van der Waals surface area contributed by atoms with Crippen LogP contribution in [0.4, 0.5) is 11.4 Å². The van der Waals surface area contributed by atoms with E-state index in [1.54, 1.807) is 54.6 Å². The van der Waals surface area contributed by atoms with E-state index in [4.69, 9.17) is 13.9 Å². The van der Waals surface area contributed by atoms with Gasteiger partial charge < -0.3 is 23.9 Å². The topological polar surface area (TPSA) is 92.5 Å². The number of nitrogens with zero attached hydrogens (tertiary/aromatic N) is 2. The monoisotopic (exact) mass is 526 g/mol. The van der Waals surface area contributed by atoms with Crippen molar-refractivity contribution < 1.29 is 28.6 Å². The number of para-hydroxylation sites is 1. The first-order valence-corrected chi connectivity index (χ1v) is 12.6. The number of amides is 1. The van der Waals surface area contributed by atoms with Crippen LogP contribution in [-0.2, 0) is 4.79 Å². The molecule has 0 radical (unpaired) electrons. The molecule has 1 unspecified atom stereocenters. The molecule has 1 aromatic heterocycles. The quantitative estimate of drug-likeness (QED) is 0.278. The number of ether oxygens (including phenoxy) is 2. The van der Waals surface area contributed by atoms with Crippen molar-refractivity contribution in [2.45, 2.75) is 26.0 Å².